The average Bonchev–Trinajstić information content (AvgIpc) is 3.50. The number of ether oxygens (including phenoxy) is 2. The number of nitrogens with zero attached hydrogens (tertiary/aromatic N) is 5. The maximum absolute atomic E-state index is 12.5. The Morgan fingerprint density at radius 1 is 1.15 bits per heavy atom. The third-order valence-corrected chi connectivity index (χ3v) is 6.89. The quantitative estimate of drug-likeness (QED) is 0.556. The fraction of sp³-hybridized carbons (Fsp3) is 0.364. The van der Waals surface area contributed by atoms with Gasteiger partial charge in [0.2, 0.25) is 5.88 Å². The number of rotatable bonds is 5. The van der Waals surface area contributed by atoms with Crippen molar-refractivity contribution in [1.82, 2.24) is 24.6 Å². The van der Waals surface area contributed by atoms with Gasteiger partial charge < -0.3 is 14.4 Å². The molecule has 1 aromatic carbocycles. The predicted octanol–water partition coefficient (Wildman–Crippen LogP) is 1.89. The van der Waals surface area contributed by atoms with Gasteiger partial charge in [0.1, 0.15) is 17.8 Å². The first-order valence-corrected chi connectivity index (χ1v) is 12.6. The molecule has 0 saturated carbocycles. The molecule has 11 heteroatoms. The summed E-state index contributed by atoms with van der Waals surface area (Å²) in [6.07, 6.45) is 8.14. The molecule has 1 fully saturated rings. The number of fused-ring (bicyclic) bond motifs is 1. The van der Waals surface area contributed by atoms with E-state index >= 15 is 0 Å². The Hall–Kier alpha value is -3.47. The molecule has 0 bridgehead atoms. The second-order valence-corrected chi connectivity index (χ2v) is 10.1. The minimum absolute atomic E-state index is 0.0569. The number of aromatic nitrogens is 4. The molecule has 0 atom stereocenters. The lowest BCUT2D eigenvalue weighted by molar-refractivity contribution is -0.132. The van der Waals surface area contributed by atoms with Gasteiger partial charge in [-0.1, -0.05) is 0 Å². The Morgan fingerprint density at radius 3 is 2.58 bits per heavy atom. The molecule has 5 rings (SSSR count). The van der Waals surface area contributed by atoms with Gasteiger partial charge in [0, 0.05) is 38.6 Å². The highest BCUT2D eigenvalue weighted by molar-refractivity contribution is 7.90. The van der Waals surface area contributed by atoms with Gasteiger partial charge in [-0.05, 0) is 30.3 Å². The molecule has 0 spiro atoms. The summed E-state index contributed by atoms with van der Waals surface area (Å²) in [7, 11) is -3.28. The summed E-state index contributed by atoms with van der Waals surface area (Å²) < 4.78 is 36.6. The van der Waals surface area contributed by atoms with Gasteiger partial charge >= 0.3 is 0 Å². The minimum Gasteiger partial charge on any atom is -0.488 e. The van der Waals surface area contributed by atoms with Crippen LogP contribution in [0.3, 0.4) is 0 Å². The largest absolute Gasteiger partial charge is 0.488 e. The molecule has 2 aromatic heterocycles. The molecule has 2 aliphatic rings. The van der Waals surface area contributed by atoms with E-state index in [0.29, 0.717) is 60.9 Å². The van der Waals surface area contributed by atoms with Gasteiger partial charge in [0.05, 0.1) is 23.4 Å². The van der Waals surface area contributed by atoms with Crippen molar-refractivity contribution in [2.75, 3.05) is 26.0 Å². The van der Waals surface area contributed by atoms with E-state index in [2.05, 4.69) is 15.1 Å². The average molecular weight is 470 g/mol. The minimum atomic E-state index is -3.28. The van der Waals surface area contributed by atoms with Crippen molar-refractivity contribution in [1.29, 1.82) is 0 Å². The number of carbonyl (C=O) groups is 1. The fourth-order valence-electron chi connectivity index (χ4n) is 4.00. The summed E-state index contributed by atoms with van der Waals surface area (Å²) in [5, 5.41) is 5.06. The van der Waals surface area contributed by atoms with E-state index in [1.54, 1.807) is 40.0 Å². The van der Waals surface area contributed by atoms with Crippen molar-refractivity contribution in [3.8, 4) is 11.6 Å². The van der Waals surface area contributed by atoms with Crippen molar-refractivity contribution in [2.24, 2.45) is 0 Å². The number of benzene rings is 1. The third-order valence-electron chi connectivity index (χ3n) is 5.76. The third kappa shape index (κ3) is 4.28. The maximum Gasteiger partial charge on any atom is 0.288 e. The maximum atomic E-state index is 12.5. The number of sulfone groups is 1. The predicted molar refractivity (Wildman–Crippen MR) is 119 cm³/mol. The first-order valence-electron chi connectivity index (χ1n) is 10.7. The monoisotopic (exact) mass is 469 g/mol. The number of carbonyl (C=O) groups excluding carboxylic acids is 1. The van der Waals surface area contributed by atoms with Crippen LogP contribution in [0.5, 0.6) is 5.88 Å². The Bertz CT molecular complexity index is 1320. The van der Waals surface area contributed by atoms with Crippen LogP contribution < -0.4 is 4.74 Å². The van der Waals surface area contributed by atoms with Crippen molar-refractivity contribution in [3.05, 3.63) is 48.6 Å². The van der Waals surface area contributed by atoms with E-state index < -0.39 is 9.84 Å². The van der Waals surface area contributed by atoms with Gasteiger partial charge in [-0.3, -0.25) is 4.79 Å². The summed E-state index contributed by atoms with van der Waals surface area (Å²) in [5.41, 5.74) is 1.24. The zero-order chi connectivity index (χ0) is 23.0. The fourth-order valence-corrected chi connectivity index (χ4v) is 4.63. The van der Waals surface area contributed by atoms with E-state index in [1.165, 1.54) is 12.6 Å². The number of hydrogen-bond acceptors (Lipinski definition) is 8. The topological polar surface area (TPSA) is 117 Å². The normalized spacial score (nSPS) is 17.1. The first-order chi connectivity index (χ1) is 15.9. The van der Waals surface area contributed by atoms with Crippen LogP contribution in [0.25, 0.3) is 16.7 Å². The van der Waals surface area contributed by atoms with Gasteiger partial charge in [-0.15, -0.1) is 0 Å². The van der Waals surface area contributed by atoms with Gasteiger partial charge in [-0.25, -0.2) is 23.1 Å². The second-order valence-electron chi connectivity index (χ2n) is 8.05. The van der Waals surface area contributed by atoms with Crippen molar-refractivity contribution in [2.45, 2.75) is 30.3 Å². The van der Waals surface area contributed by atoms with Crippen LogP contribution in [0.2, 0.25) is 0 Å². The molecule has 3 aromatic rings. The lowest BCUT2D eigenvalue weighted by Crippen LogP contribution is -2.42. The molecule has 4 heterocycles. The van der Waals surface area contributed by atoms with Gasteiger partial charge in [0.15, 0.2) is 21.2 Å². The molecular formula is C22H23N5O5S. The smallest absolute Gasteiger partial charge is 0.288 e. The lowest BCUT2D eigenvalue weighted by Gasteiger charge is -2.32. The van der Waals surface area contributed by atoms with Crippen LogP contribution in [-0.4, -0.2) is 71.0 Å². The molecule has 0 aliphatic carbocycles. The standard InChI is InChI=1S/C22H23N5O5S/c1-33(29,30)17-6-4-15(5-7-17)27-20-18(13-25-27)21(24-14-23-20)32-16-8-10-26(11-9-16)22(28)19-3-2-12-31-19/h3-7,13-14,16H,2,8-12H2,1H3. The molecule has 172 valence electrons. The SMILES string of the molecule is CS(=O)(=O)c1ccc(-n2ncc3c(OC4CCN(C(=O)C5=CCCO5)CC4)ncnc32)cc1. The zero-order valence-corrected chi connectivity index (χ0v) is 18.9. The summed E-state index contributed by atoms with van der Waals surface area (Å²) in [5.74, 6) is 0.827. The number of piperidine rings is 1. The van der Waals surface area contributed by atoms with Crippen molar-refractivity contribution >= 4 is 26.8 Å². The molecule has 0 N–H and O–H groups in total. The Balaban J connectivity index is 1.30. The molecule has 0 unspecified atom stereocenters. The zero-order valence-electron chi connectivity index (χ0n) is 18.0. The molecule has 0 radical (unpaired) electrons. The van der Waals surface area contributed by atoms with E-state index in [9.17, 15) is 13.2 Å². The summed E-state index contributed by atoms with van der Waals surface area (Å²) in [6.45, 7) is 1.74. The number of amides is 1. The summed E-state index contributed by atoms with van der Waals surface area (Å²) in [4.78, 5) is 23.2. The molecule has 10 nitrogen and oxygen atoms in total. The summed E-state index contributed by atoms with van der Waals surface area (Å²) in [6, 6.07) is 6.44. The van der Waals surface area contributed by atoms with Crippen molar-refractivity contribution in [3.63, 3.8) is 0 Å². The van der Waals surface area contributed by atoms with Crippen LogP contribution >= 0.6 is 0 Å². The van der Waals surface area contributed by atoms with E-state index in [0.717, 1.165) is 6.42 Å². The van der Waals surface area contributed by atoms with Crippen LogP contribution in [0.4, 0.5) is 0 Å². The Kier molecular flexibility index (Phi) is 5.49. The lowest BCUT2D eigenvalue weighted by atomic mass is 10.1. The van der Waals surface area contributed by atoms with Crippen LogP contribution in [-0.2, 0) is 19.4 Å². The van der Waals surface area contributed by atoms with Crippen LogP contribution in [0.1, 0.15) is 19.3 Å². The van der Waals surface area contributed by atoms with E-state index in [-0.39, 0.29) is 16.9 Å². The molecular weight excluding hydrogens is 446 g/mol. The molecule has 33 heavy (non-hydrogen) atoms. The highest BCUT2D eigenvalue weighted by Crippen LogP contribution is 2.27. The molecule has 1 saturated heterocycles. The van der Waals surface area contributed by atoms with Crippen LogP contribution in [0.15, 0.2) is 53.5 Å². The van der Waals surface area contributed by atoms with E-state index in [4.69, 9.17) is 9.47 Å². The highest BCUT2D eigenvalue weighted by atomic mass is 32.2. The van der Waals surface area contributed by atoms with Crippen LogP contribution in [0, 0.1) is 0 Å². The Labute approximate surface area is 190 Å². The number of likely N-dealkylation sites (tertiary alicyclic amines) is 1. The number of hydrogen-bond donors (Lipinski definition) is 0. The molecule has 1 amide bonds. The summed E-state index contributed by atoms with van der Waals surface area (Å²) >= 11 is 0. The highest BCUT2D eigenvalue weighted by Gasteiger charge is 2.28. The first kappa shape index (κ1) is 21.4. The van der Waals surface area contributed by atoms with E-state index in [1.807, 2.05) is 6.08 Å². The second kappa shape index (κ2) is 8.47. The van der Waals surface area contributed by atoms with Crippen molar-refractivity contribution < 1.29 is 22.7 Å². The van der Waals surface area contributed by atoms with Gasteiger partial charge in [0.25, 0.3) is 5.91 Å². The molecule has 2 aliphatic heterocycles. The Morgan fingerprint density at radius 2 is 1.91 bits per heavy atom. The van der Waals surface area contributed by atoms with Gasteiger partial charge in [-0.2, -0.15) is 5.10 Å².